The Bertz CT molecular complexity index is 699. The van der Waals surface area contributed by atoms with Crippen LogP contribution in [0.25, 0.3) is 10.9 Å². The number of nitrogens with zero attached hydrogens (tertiary/aromatic N) is 1. The second-order valence-electron chi connectivity index (χ2n) is 6.10. The zero-order valence-electron chi connectivity index (χ0n) is 12.4. The molecular weight excluding hydrogens is 264 g/mol. The molecule has 0 amide bonds. The summed E-state index contributed by atoms with van der Waals surface area (Å²) in [5.74, 6) is 0. The van der Waals surface area contributed by atoms with Gasteiger partial charge >= 0.3 is 0 Å². The van der Waals surface area contributed by atoms with Crippen molar-refractivity contribution in [1.82, 2.24) is 4.57 Å². The molecule has 3 rings (SSSR count). The van der Waals surface area contributed by atoms with Crippen LogP contribution in [0.5, 0.6) is 0 Å². The van der Waals surface area contributed by atoms with E-state index < -0.39 is 0 Å². The predicted octanol–water partition coefficient (Wildman–Crippen LogP) is 2.65. The van der Waals surface area contributed by atoms with Gasteiger partial charge in [-0.15, -0.1) is 0 Å². The summed E-state index contributed by atoms with van der Waals surface area (Å²) < 4.78 is 1.66. The van der Waals surface area contributed by atoms with Crippen molar-refractivity contribution >= 4 is 16.6 Å². The first-order chi connectivity index (χ1) is 10.2. The molecule has 0 aliphatic heterocycles. The fourth-order valence-electron chi connectivity index (χ4n) is 3.35. The molecule has 1 aromatic heterocycles. The van der Waals surface area contributed by atoms with Crippen LogP contribution in [0.1, 0.15) is 32.1 Å². The Morgan fingerprint density at radius 2 is 1.95 bits per heavy atom. The Kier molecular flexibility index (Phi) is 3.72. The third kappa shape index (κ3) is 2.56. The Labute approximate surface area is 124 Å². The number of fused-ring (bicyclic) bond motifs is 1. The van der Waals surface area contributed by atoms with Crippen molar-refractivity contribution < 1.29 is 5.11 Å². The van der Waals surface area contributed by atoms with Crippen LogP contribution >= 0.6 is 0 Å². The molecule has 0 radical (unpaired) electrons. The highest BCUT2D eigenvalue weighted by molar-refractivity contribution is 5.91. The fraction of sp³-hybridized carbons (Fsp3) is 0.471. The van der Waals surface area contributed by atoms with E-state index in [-0.39, 0.29) is 17.7 Å². The van der Waals surface area contributed by atoms with Crippen molar-refractivity contribution in [2.24, 2.45) is 7.05 Å². The number of pyridine rings is 1. The average Bonchev–Trinajstić information content (AvgIpc) is 2.53. The van der Waals surface area contributed by atoms with Gasteiger partial charge in [0.15, 0.2) is 0 Å². The monoisotopic (exact) mass is 286 g/mol. The predicted molar refractivity (Wildman–Crippen MR) is 85.7 cm³/mol. The molecule has 1 saturated carbocycles. The second-order valence-corrected chi connectivity index (χ2v) is 6.10. The van der Waals surface area contributed by atoms with Crippen molar-refractivity contribution in [2.45, 2.75) is 37.6 Å². The fourth-order valence-corrected chi connectivity index (χ4v) is 3.35. The zero-order valence-corrected chi connectivity index (χ0v) is 12.4. The van der Waals surface area contributed by atoms with Gasteiger partial charge in [-0.25, -0.2) is 0 Å². The molecule has 0 unspecified atom stereocenters. The lowest BCUT2D eigenvalue weighted by Gasteiger charge is -2.37. The van der Waals surface area contributed by atoms with Crippen LogP contribution in [0.15, 0.2) is 35.1 Å². The summed E-state index contributed by atoms with van der Waals surface area (Å²) >= 11 is 0. The molecule has 1 heterocycles. The molecule has 0 bridgehead atoms. The van der Waals surface area contributed by atoms with Gasteiger partial charge in [0.05, 0.1) is 17.7 Å². The largest absolute Gasteiger partial charge is 0.394 e. The summed E-state index contributed by atoms with van der Waals surface area (Å²) in [5.41, 5.74) is 1.44. The summed E-state index contributed by atoms with van der Waals surface area (Å²) in [6, 6.07) is 9.53. The number of aromatic nitrogens is 1. The van der Waals surface area contributed by atoms with E-state index in [0.717, 1.165) is 42.3 Å². The first-order valence-corrected chi connectivity index (χ1v) is 7.63. The molecular formula is C17H22N2O2. The van der Waals surface area contributed by atoms with Crippen molar-refractivity contribution in [2.75, 3.05) is 11.9 Å². The average molecular weight is 286 g/mol. The number of aliphatic hydroxyl groups is 1. The van der Waals surface area contributed by atoms with E-state index in [2.05, 4.69) is 5.32 Å². The lowest BCUT2D eigenvalue weighted by atomic mass is 9.82. The number of para-hydroxylation sites is 1. The molecule has 0 spiro atoms. The minimum Gasteiger partial charge on any atom is -0.394 e. The van der Waals surface area contributed by atoms with Gasteiger partial charge in [-0.1, -0.05) is 37.5 Å². The Hall–Kier alpha value is -1.81. The Morgan fingerprint density at radius 1 is 1.24 bits per heavy atom. The van der Waals surface area contributed by atoms with Crippen LogP contribution in [0.3, 0.4) is 0 Å². The van der Waals surface area contributed by atoms with E-state index in [1.807, 2.05) is 24.3 Å². The van der Waals surface area contributed by atoms with Crippen molar-refractivity contribution in [3.05, 3.63) is 40.7 Å². The maximum Gasteiger partial charge on any atom is 0.252 e. The van der Waals surface area contributed by atoms with Gasteiger partial charge < -0.3 is 15.0 Å². The molecule has 2 aromatic rings. The summed E-state index contributed by atoms with van der Waals surface area (Å²) in [6.07, 6.45) is 5.37. The van der Waals surface area contributed by atoms with Crippen LogP contribution in [0, 0.1) is 0 Å². The van der Waals surface area contributed by atoms with E-state index in [0.29, 0.717) is 0 Å². The number of aliphatic hydroxyl groups excluding tert-OH is 1. The van der Waals surface area contributed by atoms with Crippen LogP contribution in [-0.2, 0) is 7.05 Å². The lowest BCUT2D eigenvalue weighted by Crippen LogP contribution is -2.44. The topological polar surface area (TPSA) is 54.3 Å². The van der Waals surface area contributed by atoms with E-state index in [9.17, 15) is 9.90 Å². The molecule has 21 heavy (non-hydrogen) atoms. The number of benzene rings is 1. The van der Waals surface area contributed by atoms with Crippen molar-refractivity contribution in [3.63, 3.8) is 0 Å². The molecule has 1 aromatic carbocycles. The van der Waals surface area contributed by atoms with Gasteiger partial charge in [0.1, 0.15) is 0 Å². The molecule has 4 nitrogen and oxygen atoms in total. The van der Waals surface area contributed by atoms with Gasteiger partial charge in [-0.2, -0.15) is 0 Å². The third-order valence-corrected chi connectivity index (χ3v) is 4.67. The highest BCUT2D eigenvalue weighted by atomic mass is 16.3. The first kappa shape index (κ1) is 14.1. The van der Waals surface area contributed by atoms with Gasteiger partial charge in [0, 0.05) is 24.2 Å². The normalized spacial score (nSPS) is 17.8. The minimum absolute atomic E-state index is 0.0277. The molecule has 112 valence electrons. The Balaban J connectivity index is 2.08. The Morgan fingerprint density at radius 3 is 2.67 bits per heavy atom. The van der Waals surface area contributed by atoms with Crippen molar-refractivity contribution in [1.29, 1.82) is 0 Å². The number of anilines is 1. The smallest absolute Gasteiger partial charge is 0.252 e. The maximum absolute atomic E-state index is 12.1. The lowest BCUT2D eigenvalue weighted by molar-refractivity contribution is 0.173. The van der Waals surface area contributed by atoms with E-state index in [1.54, 1.807) is 17.7 Å². The summed E-state index contributed by atoms with van der Waals surface area (Å²) in [4.78, 5) is 12.1. The van der Waals surface area contributed by atoms with Gasteiger partial charge in [-0.3, -0.25) is 4.79 Å². The van der Waals surface area contributed by atoms with Crippen LogP contribution < -0.4 is 10.9 Å². The third-order valence-electron chi connectivity index (χ3n) is 4.67. The summed E-state index contributed by atoms with van der Waals surface area (Å²) in [6.45, 7) is 0.108. The number of nitrogens with one attached hydrogen (secondary N) is 1. The van der Waals surface area contributed by atoms with E-state index in [4.69, 9.17) is 0 Å². The second kappa shape index (κ2) is 5.53. The summed E-state index contributed by atoms with van der Waals surface area (Å²) in [7, 11) is 1.79. The number of aryl methyl sites for hydroxylation is 1. The molecule has 1 fully saturated rings. The van der Waals surface area contributed by atoms with Crippen LogP contribution in [-0.4, -0.2) is 21.8 Å². The highest BCUT2D eigenvalue weighted by Crippen LogP contribution is 2.33. The van der Waals surface area contributed by atoms with E-state index >= 15 is 0 Å². The molecule has 0 saturated heterocycles. The maximum atomic E-state index is 12.1. The van der Waals surface area contributed by atoms with Gasteiger partial charge in [0.25, 0.3) is 5.56 Å². The number of rotatable bonds is 3. The van der Waals surface area contributed by atoms with E-state index in [1.165, 1.54) is 6.42 Å². The van der Waals surface area contributed by atoms with Crippen LogP contribution in [0.2, 0.25) is 0 Å². The quantitative estimate of drug-likeness (QED) is 0.912. The van der Waals surface area contributed by atoms with Gasteiger partial charge in [-0.05, 0) is 18.9 Å². The first-order valence-electron chi connectivity index (χ1n) is 7.63. The molecule has 2 N–H and O–H groups in total. The summed E-state index contributed by atoms with van der Waals surface area (Å²) in [5, 5.41) is 14.4. The minimum atomic E-state index is -0.284. The molecule has 4 heteroatoms. The molecule has 1 aliphatic carbocycles. The number of hydrogen-bond acceptors (Lipinski definition) is 3. The van der Waals surface area contributed by atoms with Crippen molar-refractivity contribution in [3.8, 4) is 0 Å². The highest BCUT2D eigenvalue weighted by Gasteiger charge is 2.31. The molecule has 0 atom stereocenters. The van der Waals surface area contributed by atoms with Crippen LogP contribution in [0.4, 0.5) is 5.69 Å². The zero-order chi connectivity index (χ0) is 14.9. The SMILES string of the molecule is Cn1c(=O)cc(NC2(CO)CCCCC2)c2ccccc21. The standard InChI is InChI=1S/C17H22N2O2/c1-19-15-8-4-3-7-13(15)14(11-16(19)21)18-17(12-20)9-5-2-6-10-17/h3-4,7-8,11,18,20H,2,5-6,9-10,12H2,1H3. The molecule has 1 aliphatic rings. The number of hydrogen-bond donors (Lipinski definition) is 2. The van der Waals surface area contributed by atoms with Gasteiger partial charge in [0.2, 0.25) is 0 Å².